The molecule has 128 valence electrons. The summed E-state index contributed by atoms with van der Waals surface area (Å²) in [6.07, 6.45) is 3.59. The highest BCUT2D eigenvalue weighted by atomic mass is 16.5. The van der Waals surface area contributed by atoms with E-state index < -0.39 is 5.97 Å². The van der Waals surface area contributed by atoms with Crippen LogP contribution in [-0.4, -0.2) is 30.0 Å². The van der Waals surface area contributed by atoms with Gasteiger partial charge in [0.05, 0.1) is 25.5 Å². The summed E-state index contributed by atoms with van der Waals surface area (Å²) in [7, 11) is 3.07. The van der Waals surface area contributed by atoms with E-state index in [0.717, 1.165) is 11.3 Å². The number of esters is 1. The zero-order valence-electron chi connectivity index (χ0n) is 14.0. The Balaban J connectivity index is 1.64. The second kappa shape index (κ2) is 7.53. The van der Waals surface area contributed by atoms with Crippen LogP contribution in [0.1, 0.15) is 15.9 Å². The maximum atomic E-state index is 12.2. The van der Waals surface area contributed by atoms with Gasteiger partial charge in [0.2, 0.25) is 0 Å². The van der Waals surface area contributed by atoms with Crippen molar-refractivity contribution in [3.05, 3.63) is 72.1 Å². The van der Waals surface area contributed by atoms with Crippen molar-refractivity contribution in [1.82, 2.24) is 9.78 Å². The molecule has 25 heavy (non-hydrogen) atoms. The zero-order chi connectivity index (χ0) is 17.6. The van der Waals surface area contributed by atoms with Crippen molar-refractivity contribution in [3.63, 3.8) is 0 Å². The summed E-state index contributed by atoms with van der Waals surface area (Å²) >= 11 is 0. The van der Waals surface area contributed by atoms with Gasteiger partial charge in [0.15, 0.2) is 11.5 Å². The van der Waals surface area contributed by atoms with E-state index in [-0.39, 0.29) is 6.61 Å². The van der Waals surface area contributed by atoms with Crippen LogP contribution in [0, 0.1) is 0 Å². The summed E-state index contributed by atoms with van der Waals surface area (Å²) in [5, 5.41) is 4.17. The lowest BCUT2D eigenvalue weighted by Crippen LogP contribution is -2.06. The Kier molecular flexibility index (Phi) is 4.99. The van der Waals surface area contributed by atoms with Crippen molar-refractivity contribution in [3.8, 4) is 17.2 Å². The number of nitrogens with zero attached hydrogens (tertiary/aromatic N) is 2. The van der Waals surface area contributed by atoms with Crippen LogP contribution in [0.25, 0.3) is 5.69 Å². The first-order valence-corrected chi connectivity index (χ1v) is 7.69. The number of ether oxygens (including phenoxy) is 3. The van der Waals surface area contributed by atoms with E-state index >= 15 is 0 Å². The molecule has 0 fully saturated rings. The third kappa shape index (κ3) is 3.80. The molecule has 3 rings (SSSR count). The molecule has 2 aromatic carbocycles. The minimum atomic E-state index is -0.419. The molecule has 0 unspecified atom stereocenters. The molecular weight excluding hydrogens is 320 g/mol. The van der Waals surface area contributed by atoms with Crippen molar-refractivity contribution >= 4 is 5.97 Å². The number of hydrogen-bond donors (Lipinski definition) is 0. The van der Waals surface area contributed by atoms with E-state index in [2.05, 4.69) is 5.10 Å². The molecule has 6 nitrogen and oxygen atoms in total. The third-order valence-electron chi connectivity index (χ3n) is 3.69. The first kappa shape index (κ1) is 16.6. The quantitative estimate of drug-likeness (QED) is 0.646. The van der Waals surface area contributed by atoms with Gasteiger partial charge < -0.3 is 14.2 Å². The fourth-order valence-electron chi connectivity index (χ4n) is 2.36. The minimum Gasteiger partial charge on any atom is -0.493 e. The lowest BCUT2D eigenvalue weighted by Gasteiger charge is -2.10. The molecule has 6 heteroatoms. The molecule has 0 aliphatic rings. The lowest BCUT2D eigenvalue weighted by molar-refractivity contribution is 0.0472. The van der Waals surface area contributed by atoms with Gasteiger partial charge in [0.25, 0.3) is 0 Å². The van der Waals surface area contributed by atoms with Gasteiger partial charge in [-0.05, 0) is 42.0 Å². The number of methoxy groups -OCH3 is 2. The summed E-state index contributed by atoms with van der Waals surface area (Å²) in [5.74, 6) is 0.630. The average Bonchev–Trinajstić information content (AvgIpc) is 3.20. The maximum Gasteiger partial charge on any atom is 0.338 e. The van der Waals surface area contributed by atoms with Gasteiger partial charge in [0.1, 0.15) is 6.61 Å². The molecule has 0 saturated carbocycles. The molecule has 1 aromatic heterocycles. The van der Waals surface area contributed by atoms with Gasteiger partial charge in [-0.25, -0.2) is 9.48 Å². The van der Waals surface area contributed by atoms with E-state index in [1.165, 1.54) is 7.11 Å². The first-order valence-electron chi connectivity index (χ1n) is 7.69. The van der Waals surface area contributed by atoms with Crippen LogP contribution < -0.4 is 9.47 Å². The fraction of sp³-hybridized carbons (Fsp3) is 0.158. The Bertz CT molecular complexity index is 842. The summed E-state index contributed by atoms with van der Waals surface area (Å²) < 4.78 is 17.5. The number of hydrogen-bond acceptors (Lipinski definition) is 5. The van der Waals surface area contributed by atoms with Crippen LogP contribution in [0.15, 0.2) is 60.9 Å². The number of rotatable bonds is 6. The normalized spacial score (nSPS) is 10.3. The fourth-order valence-corrected chi connectivity index (χ4v) is 2.36. The maximum absolute atomic E-state index is 12.2. The van der Waals surface area contributed by atoms with Crippen molar-refractivity contribution < 1.29 is 19.0 Å². The number of aromatic nitrogens is 2. The van der Waals surface area contributed by atoms with Crippen LogP contribution >= 0.6 is 0 Å². The minimum absolute atomic E-state index is 0.187. The summed E-state index contributed by atoms with van der Waals surface area (Å²) in [6, 6.07) is 14.4. The molecule has 0 saturated heterocycles. The molecule has 0 radical (unpaired) electrons. The molecule has 0 aliphatic carbocycles. The van der Waals surface area contributed by atoms with Gasteiger partial charge in [-0.15, -0.1) is 0 Å². The van der Waals surface area contributed by atoms with Gasteiger partial charge in [0, 0.05) is 12.4 Å². The van der Waals surface area contributed by atoms with Gasteiger partial charge in [-0.1, -0.05) is 12.1 Å². The van der Waals surface area contributed by atoms with Gasteiger partial charge in [-0.2, -0.15) is 5.10 Å². The van der Waals surface area contributed by atoms with E-state index in [9.17, 15) is 4.79 Å². The van der Waals surface area contributed by atoms with E-state index in [4.69, 9.17) is 14.2 Å². The van der Waals surface area contributed by atoms with Crippen molar-refractivity contribution in [1.29, 1.82) is 0 Å². The monoisotopic (exact) mass is 338 g/mol. The first-order chi connectivity index (χ1) is 12.2. The summed E-state index contributed by atoms with van der Waals surface area (Å²) in [5.41, 5.74) is 2.25. The van der Waals surface area contributed by atoms with E-state index in [1.54, 1.807) is 36.2 Å². The molecule has 0 aliphatic heterocycles. The molecule has 0 amide bonds. The molecule has 0 atom stereocenters. The number of carbonyl (C=O) groups is 1. The Hall–Kier alpha value is -3.28. The highest BCUT2D eigenvalue weighted by Gasteiger charge is 2.12. The molecular formula is C19H18N2O4. The Labute approximate surface area is 145 Å². The van der Waals surface area contributed by atoms with Crippen molar-refractivity contribution in [2.45, 2.75) is 6.61 Å². The van der Waals surface area contributed by atoms with E-state index in [0.29, 0.717) is 17.1 Å². The van der Waals surface area contributed by atoms with Gasteiger partial charge >= 0.3 is 5.97 Å². The molecule has 3 aromatic rings. The Morgan fingerprint density at radius 1 is 1.04 bits per heavy atom. The Morgan fingerprint density at radius 2 is 1.80 bits per heavy atom. The Morgan fingerprint density at radius 3 is 2.44 bits per heavy atom. The molecule has 0 N–H and O–H groups in total. The van der Waals surface area contributed by atoms with Crippen LogP contribution in [0.3, 0.4) is 0 Å². The molecule has 0 bridgehead atoms. The summed E-state index contributed by atoms with van der Waals surface area (Å²) in [4.78, 5) is 12.2. The standard InChI is InChI=1S/C19H18N2O4/c1-23-17-9-6-15(12-18(17)24-2)19(22)25-13-14-4-7-16(8-5-14)21-11-3-10-20-21/h3-12H,13H2,1-2H3. The third-order valence-corrected chi connectivity index (χ3v) is 3.69. The number of carbonyl (C=O) groups excluding carboxylic acids is 1. The highest BCUT2D eigenvalue weighted by molar-refractivity contribution is 5.90. The van der Waals surface area contributed by atoms with Gasteiger partial charge in [-0.3, -0.25) is 0 Å². The SMILES string of the molecule is COc1ccc(C(=O)OCc2ccc(-n3cccn3)cc2)cc1OC. The van der Waals surface area contributed by atoms with E-state index in [1.807, 2.05) is 36.5 Å². The average molecular weight is 338 g/mol. The largest absolute Gasteiger partial charge is 0.493 e. The van der Waals surface area contributed by atoms with Crippen LogP contribution in [-0.2, 0) is 11.3 Å². The van der Waals surface area contributed by atoms with Crippen molar-refractivity contribution in [2.75, 3.05) is 14.2 Å². The topological polar surface area (TPSA) is 62.6 Å². The molecule has 1 heterocycles. The van der Waals surface area contributed by atoms with Crippen LogP contribution in [0.5, 0.6) is 11.5 Å². The van der Waals surface area contributed by atoms with Crippen LogP contribution in [0.4, 0.5) is 0 Å². The number of benzene rings is 2. The zero-order valence-corrected chi connectivity index (χ0v) is 14.0. The van der Waals surface area contributed by atoms with Crippen LogP contribution in [0.2, 0.25) is 0 Å². The summed E-state index contributed by atoms with van der Waals surface area (Å²) in [6.45, 7) is 0.187. The second-order valence-electron chi connectivity index (χ2n) is 5.26. The predicted molar refractivity (Wildman–Crippen MR) is 92.2 cm³/mol. The molecule has 0 spiro atoms. The smallest absolute Gasteiger partial charge is 0.338 e. The van der Waals surface area contributed by atoms with Crippen molar-refractivity contribution in [2.24, 2.45) is 0 Å². The highest BCUT2D eigenvalue weighted by Crippen LogP contribution is 2.27. The predicted octanol–water partition coefficient (Wildman–Crippen LogP) is 3.25. The second-order valence-corrected chi connectivity index (χ2v) is 5.26. The lowest BCUT2D eigenvalue weighted by atomic mass is 10.2.